The van der Waals surface area contributed by atoms with Crippen LogP contribution in [-0.2, 0) is 11.4 Å². The van der Waals surface area contributed by atoms with E-state index >= 15 is 0 Å². The summed E-state index contributed by atoms with van der Waals surface area (Å²) in [7, 11) is 0. The Kier molecular flexibility index (Phi) is 5.06. The molecule has 2 N–H and O–H groups in total. The number of rotatable bonds is 7. The van der Waals surface area contributed by atoms with Crippen molar-refractivity contribution in [3.63, 3.8) is 0 Å². The van der Waals surface area contributed by atoms with Gasteiger partial charge in [0.25, 0.3) is 0 Å². The first kappa shape index (κ1) is 13.9. The number of carboxylic acid groups (broad SMARTS) is 1. The Morgan fingerprint density at radius 1 is 1.44 bits per heavy atom. The lowest BCUT2D eigenvalue weighted by atomic mass is 10.2. The van der Waals surface area contributed by atoms with E-state index in [1.165, 1.54) is 18.2 Å². The summed E-state index contributed by atoms with van der Waals surface area (Å²) >= 11 is 0. The van der Waals surface area contributed by atoms with E-state index in [4.69, 9.17) is 14.9 Å². The van der Waals surface area contributed by atoms with Crippen molar-refractivity contribution >= 4 is 11.7 Å². The lowest BCUT2D eigenvalue weighted by Crippen LogP contribution is -2.04. The molecule has 0 aliphatic heterocycles. The summed E-state index contributed by atoms with van der Waals surface area (Å²) in [6, 6.07) is 4.14. The predicted octanol–water partition coefficient (Wildman–Crippen LogP) is 1.33. The maximum atomic E-state index is 10.8. The molecule has 0 saturated carbocycles. The smallest absolute Gasteiger partial charge is 0.311 e. The van der Waals surface area contributed by atoms with Gasteiger partial charge in [0.2, 0.25) is 0 Å². The maximum Gasteiger partial charge on any atom is 0.311 e. The summed E-state index contributed by atoms with van der Waals surface area (Å²) in [5, 5.41) is 28.1. The molecule has 0 aromatic heterocycles. The number of carbonyl (C=O) groups is 1. The van der Waals surface area contributed by atoms with Gasteiger partial charge in [0.05, 0.1) is 18.1 Å². The van der Waals surface area contributed by atoms with Crippen LogP contribution in [0.15, 0.2) is 18.2 Å². The van der Waals surface area contributed by atoms with E-state index in [0.29, 0.717) is 5.56 Å². The number of hydrogen-bond donors (Lipinski definition) is 2. The first-order chi connectivity index (χ1) is 8.54. The lowest BCUT2D eigenvalue weighted by Gasteiger charge is -2.06. The van der Waals surface area contributed by atoms with E-state index in [2.05, 4.69) is 0 Å². The van der Waals surface area contributed by atoms with Gasteiger partial charge in [-0.3, -0.25) is 14.9 Å². The number of nitrogens with zero attached hydrogens (tertiary/aromatic N) is 1. The van der Waals surface area contributed by atoms with Crippen LogP contribution in [0.25, 0.3) is 0 Å². The highest BCUT2D eigenvalue weighted by Gasteiger charge is 2.15. The fourth-order valence-corrected chi connectivity index (χ4v) is 1.33. The predicted molar refractivity (Wildman–Crippen MR) is 61.4 cm³/mol. The molecule has 7 heteroatoms. The molecule has 0 heterocycles. The van der Waals surface area contributed by atoms with E-state index in [9.17, 15) is 14.9 Å². The number of ether oxygens (including phenoxy) is 1. The molecule has 1 aromatic rings. The molecule has 0 aliphatic carbocycles. The average molecular weight is 255 g/mol. The van der Waals surface area contributed by atoms with Gasteiger partial charge in [0.1, 0.15) is 0 Å². The summed E-state index contributed by atoms with van der Waals surface area (Å²) in [5.41, 5.74) is 0.177. The van der Waals surface area contributed by atoms with Gasteiger partial charge >= 0.3 is 11.7 Å². The number of benzene rings is 1. The Balaban J connectivity index is 2.69. The number of aliphatic carboxylic acids is 1. The number of aliphatic hydroxyl groups excluding tert-OH is 1. The van der Waals surface area contributed by atoms with Crippen molar-refractivity contribution in [1.29, 1.82) is 0 Å². The molecule has 0 bridgehead atoms. The molecule has 0 amide bonds. The van der Waals surface area contributed by atoms with Crippen molar-refractivity contribution in [3.8, 4) is 5.75 Å². The van der Waals surface area contributed by atoms with Crippen molar-refractivity contribution in [2.24, 2.45) is 0 Å². The van der Waals surface area contributed by atoms with Crippen LogP contribution in [0.4, 0.5) is 5.69 Å². The van der Waals surface area contributed by atoms with Crippen LogP contribution in [0.3, 0.4) is 0 Å². The van der Waals surface area contributed by atoms with Crippen molar-refractivity contribution in [2.45, 2.75) is 19.4 Å². The van der Waals surface area contributed by atoms with Crippen LogP contribution >= 0.6 is 0 Å². The fraction of sp³-hybridized carbons (Fsp3) is 0.364. The molecule has 0 atom stereocenters. The molecule has 0 spiro atoms. The van der Waals surface area contributed by atoms with E-state index in [-0.39, 0.29) is 37.5 Å². The second-order valence-corrected chi connectivity index (χ2v) is 3.56. The molecule has 1 rings (SSSR count). The first-order valence-electron chi connectivity index (χ1n) is 5.27. The second-order valence-electron chi connectivity index (χ2n) is 3.56. The summed E-state index contributed by atoms with van der Waals surface area (Å²) in [6.07, 6.45) is 0.219. The van der Waals surface area contributed by atoms with Gasteiger partial charge < -0.3 is 14.9 Å². The van der Waals surface area contributed by atoms with Crippen molar-refractivity contribution in [2.75, 3.05) is 6.61 Å². The molecule has 18 heavy (non-hydrogen) atoms. The summed E-state index contributed by atoms with van der Waals surface area (Å²) < 4.78 is 5.16. The molecule has 98 valence electrons. The Hall–Kier alpha value is -2.15. The topological polar surface area (TPSA) is 110 Å². The number of carboxylic acids is 1. The van der Waals surface area contributed by atoms with Gasteiger partial charge in [-0.05, 0) is 18.1 Å². The summed E-state index contributed by atoms with van der Waals surface area (Å²) in [4.78, 5) is 20.5. The molecular formula is C11H13NO6. The Labute approximate surface area is 103 Å². The van der Waals surface area contributed by atoms with Crippen LogP contribution in [-0.4, -0.2) is 27.7 Å². The van der Waals surface area contributed by atoms with Gasteiger partial charge in [-0.2, -0.15) is 0 Å². The zero-order chi connectivity index (χ0) is 13.5. The molecule has 0 aliphatic rings. The Morgan fingerprint density at radius 3 is 2.72 bits per heavy atom. The fourth-order valence-electron chi connectivity index (χ4n) is 1.33. The van der Waals surface area contributed by atoms with Crippen molar-refractivity contribution < 1.29 is 24.7 Å². The zero-order valence-corrected chi connectivity index (χ0v) is 9.54. The number of aliphatic hydroxyl groups is 1. The van der Waals surface area contributed by atoms with E-state index < -0.39 is 10.9 Å². The summed E-state index contributed by atoms with van der Waals surface area (Å²) in [6.45, 7) is -0.203. The molecule has 1 aromatic carbocycles. The Morgan fingerprint density at radius 2 is 2.17 bits per heavy atom. The second kappa shape index (κ2) is 6.55. The first-order valence-corrected chi connectivity index (χ1v) is 5.27. The van der Waals surface area contributed by atoms with E-state index in [1.54, 1.807) is 0 Å². The van der Waals surface area contributed by atoms with Crippen LogP contribution in [0.5, 0.6) is 5.75 Å². The monoisotopic (exact) mass is 255 g/mol. The minimum Gasteiger partial charge on any atom is -0.487 e. The van der Waals surface area contributed by atoms with Gasteiger partial charge in [-0.1, -0.05) is 6.07 Å². The highest BCUT2D eigenvalue weighted by atomic mass is 16.6. The maximum absolute atomic E-state index is 10.8. The van der Waals surface area contributed by atoms with Crippen LogP contribution in [0.1, 0.15) is 18.4 Å². The molecule has 0 unspecified atom stereocenters. The van der Waals surface area contributed by atoms with Gasteiger partial charge in [-0.25, -0.2) is 0 Å². The average Bonchev–Trinajstić information content (AvgIpc) is 2.34. The quantitative estimate of drug-likeness (QED) is 0.432. The lowest BCUT2D eigenvalue weighted by molar-refractivity contribution is -0.386. The van der Waals surface area contributed by atoms with Crippen LogP contribution < -0.4 is 4.74 Å². The molecule has 0 saturated heterocycles. The van der Waals surface area contributed by atoms with Gasteiger partial charge in [-0.15, -0.1) is 0 Å². The van der Waals surface area contributed by atoms with E-state index in [0.717, 1.165) is 0 Å². The van der Waals surface area contributed by atoms with Gasteiger partial charge in [0.15, 0.2) is 5.75 Å². The molecule has 0 fully saturated rings. The standard InChI is InChI=1S/C11H13NO6/c13-7-8-3-4-10(9(6-8)12(16)17)18-5-1-2-11(14)15/h3-4,6,13H,1-2,5,7H2,(H,14,15). The third kappa shape index (κ3) is 4.02. The van der Waals surface area contributed by atoms with Crippen molar-refractivity contribution in [1.82, 2.24) is 0 Å². The third-order valence-corrected chi connectivity index (χ3v) is 2.20. The minimum absolute atomic E-state index is 0.0531. The normalized spacial score (nSPS) is 10.1. The van der Waals surface area contributed by atoms with Gasteiger partial charge in [0, 0.05) is 12.5 Å². The SMILES string of the molecule is O=C(O)CCCOc1ccc(CO)cc1[N+](=O)[O-]. The number of hydrogen-bond acceptors (Lipinski definition) is 5. The minimum atomic E-state index is -0.941. The van der Waals surface area contributed by atoms with Crippen LogP contribution in [0.2, 0.25) is 0 Å². The summed E-state index contributed by atoms with van der Waals surface area (Å²) in [5.74, 6) is -0.869. The number of nitro benzene ring substituents is 1. The molecule has 0 radical (unpaired) electrons. The number of nitro groups is 1. The largest absolute Gasteiger partial charge is 0.487 e. The van der Waals surface area contributed by atoms with Crippen LogP contribution in [0, 0.1) is 10.1 Å². The molecular weight excluding hydrogens is 242 g/mol. The highest BCUT2D eigenvalue weighted by Crippen LogP contribution is 2.28. The zero-order valence-electron chi connectivity index (χ0n) is 9.54. The van der Waals surface area contributed by atoms with Crippen molar-refractivity contribution in [3.05, 3.63) is 33.9 Å². The Bertz CT molecular complexity index is 445. The third-order valence-electron chi connectivity index (χ3n) is 2.20. The van der Waals surface area contributed by atoms with E-state index in [1.807, 2.05) is 0 Å². The molecule has 7 nitrogen and oxygen atoms in total. The highest BCUT2D eigenvalue weighted by molar-refractivity contribution is 5.66.